The standard InChI is InChI=1S/C13H9O2.Na.H3O4P/c14-13(11-7-3-1-4-8-11)15-12-9-5-2-6-10-12;;1-5(2,3)4/h1,3-10H;;(H3,1,2,3,4). The van der Waals surface area contributed by atoms with Crippen LogP contribution < -0.4 is 7.55 Å². The van der Waals surface area contributed by atoms with Crippen LogP contribution in [0.15, 0.2) is 54.6 Å². The summed E-state index contributed by atoms with van der Waals surface area (Å²) in [4.78, 5) is 33.2. The van der Waals surface area contributed by atoms with E-state index in [9.17, 15) is 4.79 Å². The van der Waals surface area contributed by atoms with Crippen LogP contribution in [0.3, 0.4) is 0 Å². The van der Waals surface area contributed by atoms with E-state index < -0.39 is 7.82 Å². The number of esters is 1. The molecule has 0 aliphatic heterocycles. The molecule has 0 aliphatic carbocycles. The number of benzene rings is 2. The van der Waals surface area contributed by atoms with Crippen LogP contribution >= 0.6 is 7.82 Å². The molecule has 0 bridgehead atoms. The van der Waals surface area contributed by atoms with Crippen molar-refractivity contribution in [1.82, 2.24) is 0 Å². The van der Waals surface area contributed by atoms with Crippen molar-refractivity contribution >= 4 is 44.5 Å². The second kappa shape index (κ2) is 8.46. The van der Waals surface area contributed by atoms with Crippen LogP contribution in [0.1, 0.15) is 10.4 Å². The van der Waals surface area contributed by atoms with Gasteiger partial charge in [0, 0.05) is 0 Å². The molecule has 2 aromatic rings. The molecular formula is C13H12NaO6P. The second-order valence-electron chi connectivity index (χ2n) is 4.08. The van der Waals surface area contributed by atoms with E-state index >= 15 is 0 Å². The van der Waals surface area contributed by atoms with E-state index in [1.54, 1.807) is 12.1 Å². The van der Waals surface area contributed by atoms with Crippen LogP contribution in [0.25, 0.3) is 0 Å². The first-order valence-electron chi connectivity index (χ1n) is 5.88. The van der Waals surface area contributed by atoms with Gasteiger partial charge in [0.1, 0.15) is 0 Å². The Hall–Kier alpha value is -0.980. The zero-order chi connectivity index (χ0) is 15.9. The third-order valence-electron chi connectivity index (χ3n) is 2.24. The van der Waals surface area contributed by atoms with Gasteiger partial charge in [-0.3, -0.25) is 0 Å². The number of phosphoric acid groups is 1. The Morgan fingerprint density at radius 1 is 0.952 bits per heavy atom. The molecule has 0 aliphatic rings. The predicted molar refractivity (Wildman–Crippen MR) is 77.5 cm³/mol. The molecule has 0 aromatic heterocycles. The topological polar surface area (TPSA) is 104 Å². The molecule has 0 radical (unpaired) electrons. The van der Waals surface area contributed by atoms with Crippen molar-refractivity contribution in [2.75, 3.05) is 0 Å². The zero-order valence-electron chi connectivity index (χ0n) is 11.2. The van der Waals surface area contributed by atoms with Crippen molar-refractivity contribution in [3.05, 3.63) is 60.2 Å². The van der Waals surface area contributed by atoms with Gasteiger partial charge in [0.05, 0.1) is 0 Å². The Kier molecular flexibility index (Phi) is 7.28. The minimum absolute atomic E-state index is 0.318. The van der Waals surface area contributed by atoms with Gasteiger partial charge in [-0.2, -0.15) is 0 Å². The molecule has 0 fully saturated rings. The van der Waals surface area contributed by atoms with Gasteiger partial charge in [0.25, 0.3) is 0 Å². The van der Waals surface area contributed by atoms with E-state index in [1.807, 2.05) is 42.5 Å². The first-order valence-corrected chi connectivity index (χ1v) is 8.44. The Balaban J connectivity index is 0.000000383. The molecular weight excluding hydrogens is 306 g/mol. The summed E-state index contributed by atoms with van der Waals surface area (Å²) in [6.45, 7) is 0. The molecule has 21 heavy (non-hydrogen) atoms. The van der Waals surface area contributed by atoms with Crippen LogP contribution in [0.2, 0.25) is 0 Å². The second-order valence-corrected chi connectivity index (χ2v) is 6.26. The van der Waals surface area contributed by atoms with E-state index in [0.717, 1.165) is 27.9 Å². The summed E-state index contributed by atoms with van der Waals surface area (Å²) in [5.74, 6) is 0.273. The average molecular weight is 318 g/mol. The maximum Gasteiger partial charge on any atom is 0.466 e. The van der Waals surface area contributed by atoms with E-state index in [-0.39, 0.29) is 5.97 Å². The molecule has 3 N–H and O–H groups in total. The van der Waals surface area contributed by atoms with Gasteiger partial charge >= 0.3 is 120 Å². The number of carbonyl (C=O) groups is 1. The number of ether oxygens (including phenoxy) is 1. The summed E-state index contributed by atoms with van der Waals surface area (Å²) in [5, 5.41) is 0. The number of rotatable bonds is 2. The third-order valence-corrected chi connectivity index (χ3v) is 2.91. The monoisotopic (exact) mass is 318 g/mol. The number of hydrogen-bond acceptors (Lipinski definition) is 3. The van der Waals surface area contributed by atoms with E-state index in [0.29, 0.717) is 11.3 Å². The maximum absolute atomic E-state index is 11.7. The normalized spacial score (nSPS) is 10.3. The molecule has 106 valence electrons. The van der Waals surface area contributed by atoms with Gasteiger partial charge in [-0.05, 0) is 0 Å². The fourth-order valence-electron chi connectivity index (χ4n) is 1.35. The maximum atomic E-state index is 11.7. The van der Waals surface area contributed by atoms with Gasteiger partial charge in [0.2, 0.25) is 0 Å². The Bertz CT molecular complexity index is 615. The Morgan fingerprint density at radius 3 is 1.90 bits per heavy atom. The summed E-state index contributed by atoms with van der Waals surface area (Å²) < 4.78 is 15.4. The molecule has 0 unspecified atom stereocenters. The molecule has 0 atom stereocenters. The average Bonchev–Trinajstić information content (AvgIpc) is 2.40. The van der Waals surface area contributed by atoms with Crippen molar-refractivity contribution < 1.29 is 28.8 Å². The van der Waals surface area contributed by atoms with E-state index in [1.165, 1.54) is 2.81 Å². The minimum atomic E-state index is -4.64. The smallest absolute Gasteiger partial charge is 0.303 e. The molecule has 0 saturated heterocycles. The van der Waals surface area contributed by atoms with Crippen LogP contribution in [0, 0.1) is 0 Å². The summed E-state index contributed by atoms with van der Waals surface area (Å²) in [6.07, 6.45) is 0. The van der Waals surface area contributed by atoms with Gasteiger partial charge in [-0.1, -0.05) is 0 Å². The molecule has 0 amide bonds. The molecule has 6 nitrogen and oxygen atoms in total. The Labute approximate surface area is 139 Å². The van der Waals surface area contributed by atoms with Crippen LogP contribution in [0.5, 0.6) is 5.75 Å². The van der Waals surface area contributed by atoms with Gasteiger partial charge in [0.15, 0.2) is 0 Å². The van der Waals surface area contributed by atoms with Crippen molar-refractivity contribution in [3.8, 4) is 5.75 Å². The largest absolute Gasteiger partial charge is 0.466 e. The summed E-state index contributed by atoms with van der Waals surface area (Å²) in [5.41, 5.74) is 0.567. The van der Waals surface area contributed by atoms with Crippen LogP contribution in [-0.2, 0) is 4.57 Å². The molecule has 0 saturated carbocycles. The van der Waals surface area contributed by atoms with Crippen molar-refractivity contribution in [2.24, 2.45) is 0 Å². The first-order chi connectivity index (χ1) is 9.75. The molecule has 0 heterocycles. The van der Waals surface area contributed by atoms with Crippen molar-refractivity contribution in [3.63, 3.8) is 0 Å². The molecule has 2 rings (SSSR count). The minimum Gasteiger partial charge on any atom is -0.303 e. The fourth-order valence-corrected chi connectivity index (χ4v) is 1.68. The summed E-state index contributed by atoms with van der Waals surface area (Å²) >= 11 is 1.01. The first kappa shape index (κ1) is 18.1. The number of hydrogen-bond donors (Lipinski definition) is 3. The zero-order valence-corrected chi connectivity index (χ0v) is 14.1. The van der Waals surface area contributed by atoms with Gasteiger partial charge < -0.3 is 14.7 Å². The SMILES string of the molecule is O=C(Oc1cc[c]([Na])cc1)c1ccccc1.O=P(O)(O)O. The predicted octanol–water partition coefficient (Wildman–Crippen LogP) is 0.771. The van der Waals surface area contributed by atoms with Gasteiger partial charge in [-0.25, -0.2) is 4.57 Å². The molecule has 8 heteroatoms. The van der Waals surface area contributed by atoms with E-state index in [2.05, 4.69) is 0 Å². The van der Waals surface area contributed by atoms with Gasteiger partial charge in [-0.15, -0.1) is 0 Å². The van der Waals surface area contributed by atoms with Crippen LogP contribution in [-0.4, -0.2) is 48.6 Å². The van der Waals surface area contributed by atoms with Crippen molar-refractivity contribution in [2.45, 2.75) is 0 Å². The number of carbonyl (C=O) groups excluding carboxylic acids is 1. The summed E-state index contributed by atoms with van der Waals surface area (Å²) in [6, 6.07) is 16.6. The fraction of sp³-hybridized carbons (Fsp3) is 0. The quantitative estimate of drug-likeness (QED) is 0.327. The van der Waals surface area contributed by atoms with E-state index in [4.69, 9.17) is 24.0 Å². The third kappa shape index (κ3) is 8.80. The van der Waals surface area contributed by atoms with Crippen molar-refractivity contribution in [1.29, 1.82) is 0 Å². The molecule has 0 spiro atoms. The van der Waals surface area contributed by atoms with Crippen LogP contribution in [0.4, 0.5) is 0 Å². The molecule has 2 aromatic carbocycles. The summed E-state index contributed by atoms with van der Waals surface area (Å²) in [7, 11) is -4.64. The Morgan fingerprint density at radius 2 is 1.43 bits per heavy atom.